The number of aromatic carboxylic acids is 1. The summed E-state index contributed by atoms with van der Waals surface area (Å²) in [7, 11) is 0. The SMILES string of the molecule is CCc1ccsc1CNc1nnccc1C(=O)O. The molecule has 2 aromatic rings. The third-order valence-corrected chi connectivity index (χ3v) is 3.55. The molecule has 0 saturated heterocycles. The van der Waals surface area contributed by atoms with E-state index in [4.69, 9.17) is 5.11 Å². The van der Waals surface area contributed by atoms with Crippen LogP contribution in [0.2, 0.25) is 0 Å². The number of nitrogens with one attached hydrogen (secondary N) is 1. The molecular formula is C12H13N3O2S. The second kappa shape index (κ2) is 5.59. The van der Waals surface area contributed by atoms with Gasteiger partial charge in [-0.15, -0.1) is 16.4 Å². The van der Waals surface area contributed by atoms with Crippen molar-refractivity contribution in [1.82, 2.24) is 10.2 Å². The predicted octanol–water partition coefficient (Wildman–Crippen LogP) is 2.41. The molecule has 0 unspecified atom stereocenters. The smallest absolute Gasteiger partial charge is 0.339 e. The van der Waals surface area contributed by atoms with Crippen molar-refractivity contribution in [3.05, 3.63) is 39.7 Å². The van der Waals surface area contributed by atoms with E-state index in [0.29, 0.717) is 12.4 Å². The fraction of sp³-hybridized carbons (Fsp3) is 0.250. The molecule has 5 nitrogen and oxygen atoms in total. The molecule has 94 valence electrons. The van der Waals surface area contributed by atoms with E-state index in [1.165, 1.54) is 22.7 Å². The first-order chi connectivity index (χ1) is 8.72. The Morgan fingerprint density at radius 3 is 3.06 bits per heavy atom. The molecule has 0 amide bonds. The van der Waals surface area contributed by atoms with E-state index in [9.17, 15) is 4.79 Å². The van der Waals surface area contributed by atoms with Crippen LogP contribution in [0.1, 0.15) is 27.7 Å². The topological polar surface area (TPSA) is 75.1 Å². The average Bonchev–Trinajstić information content (AvgIpc) is 2.84. The molecule has 18 heavy (non-hydrogen) atoms. The van der Waals surface area contributed by atoms with Gasteiger partial charge in [-0.25, -0.2) is 4.79 Å². The van der Waals surface area contributed by atoms with Gasteiger partial charge in [-0.1, -0.05) is 6.92 Å². The Kier molecular flexibility index (Phi) is 3.88. The van der Waals surface area contributed by atoms with E-state index in [2.05, 4.69) is 28.5 Å². The van der Waals surface area contributed by atoms with Gasteiger partial charge in [0.05, 0.1) is 12.7 Å². The normalized spacial score (nSPS) is 10.3. The van der Waals surface area contributed by atoms with Crippen LogP contribution in [0.5, 0.6) is 0 Å². The van der Waals surface area contributed by atoms with E-state index >= 15 is 0 Å². The lowest BCUT2D eigenvalue weighted by molar-refractivity contribution is 0.0697. The van der Waals surface area contributed by atoms with Gasteiger partial charge in [0.2, 0.25) is 0 Å². The average molecular weight is 263 g/mol. The van der Waals surface area contributed by atoms with Gasteiger partial charge in [-0.05, 0) is 29.5 Å². The van der Waals surface area contributed by atoms with Crippen LogP contribution in [0.15, 0.2) is 23.7 Å². The first kappa shape index (κ1) is 12.5. The Bertz CT molecular complexity index is 554. The van der Waals surface area contributed by atoms with Crippen LogP contribution in [-0.2, 0) is 13.0 Å². The summed E-state index contributed by atoms with van der Waals surface area (Å²) in [5.74, 6) is -0.699. The van der Waals surface area contributed by atoms with Crippen molar-refractivity contribution in [2.24, 2.45) is 0 Å². The largest absolute Gasteiger partial charge is 0.478 e. The van der Waals surface area contributed by atoms with Gasteiger partial charge < -0.3 is 10.4 Å². The fourth-order valence-electron chi connectivity index (χ4n) is 1.64. The zero-order valence-corrected chi connectivity index (χ0v) is 10.7. The summed E-state index contributed by atoms with van der Waals surface area (Å²) in [6.45, 7) is 2.66. The van der Waals surface area contributed by atoms with Gasteiger partial charge in [0.1, 0.15) is 5.56 Å². The molecule has 0 aliphatic heterocycles. The molecule has 2 rings (SSSR count). The van der Waals surface area contributed by atoms with Crippen molar-refractivity contribution < 1.29 is 9.90 Å². The molecular weight excluding hydrogens is 250 g/mol. The minimum Gasteiger partial charge on any atom is -0.478 e. The summed E-state index contributed by atoms with van der Waals surface area (Å²) in [6.07, 6.45) is 2.34. The molecule has 0 aliphatic rings. The van der Waals surface area contributed by atoms with E-state index in [-0.39, 0.29) is 5.56 Å². The van der Waals surface area contributed by atoms with Crippen LogP contribution in [0.4, 0.5) is 5.82 Å². The van der Waals surface area contributed by atoms with E-state index in [1.54, 1.807) is 11.3 Å². The van der Waals surface area contributed by atoms with Crippen molar-refractivity contribution in [2.45, 2.75) is 19.9 Å². The molecule has 0 aliphatic carbocycles. The van der Waals surface area contributed by atoms with Crippen molar-refractivity contribution >= 4 is 23.1 Å². The Morgan fingerprint density at radius 2 is 2.33 bits per heavy atom. The first-order valence-corrected chi connectivity index (χ1v) is 6.44. The number of aromatic nitrogens is 2. The molecule has 6 heteroatoms. The van der Waals surface area contributed by atoms with Crippen LogP contribution in [0.25, 0.3) is 0 Å². The fourth-order valence-corrected chi connectivity index (χ4v) is 2.55. The number of aryl methyl sites for hydroxylation is 1. The highest BCUT2D eigenvalue weighted by atomic mass is 32.1. The lowest BCUT2D eigenvalue weighted by Crippen LogP contribution is -2.09. The van der Waals surface area contributed by atoms with Crippen LogP contribution in [0.3, 0.4) is 0 Å². The lowest BCUT2D eigenvalue weighted by atomic mass is 10.2. The van der Waals surface area contributed by atoms with E-state index in [0.717, 1.165) is 6.42 Å². The van der Waals surface area contributed by atoms with Gasteiger partial charge in [0.15, 0.2) is 5.82 Å². The van der Waals surface area contributed by atoms with Gasteiger partial charge in [-0.2, -0.15) is 5.10 Å². The summed E-state index contributed by atoms with van der Waals surface area (Å²) in [5.41, 5.74) is 1.41. The maximum Gasteiger partial charge on any atom is 0.339 e. The van der Waals surface area contributed by atoms with Crippen LogP contribution in [0, 0.1) is 0 Å². The monoisotopic (exact) mass is 263 g/mol. The first-order valence-electron chi connectivity index (χ1n) is 5.56. The molecule has 2 aromatic heterocycles. The number of rotatable bonds is 5. The Balaban J connectivity index is 2.13. The zero-order chi connectivity index (χ0) is 13.0. The Morgan fingerprint density at radius 1 is 1.50 bits per heavy atom. The molecule has 0 atom stereocenters. The van der Waals surface area contributed by atoms with Crippen molar-refractivity contribution in [3.8, 4) is 0 Å². The third-order valence-electron chi connectivity index (χ3n) is 2.59. The quantitative estimate of drug-likeness (QED) is 0.866. The standard InChI is InChI=1S/C12H13N3O2S/c1-2-8-4-6-18-10(8)7-13-11-9(12(16)17)3-5-14-15-11/h3-6H,2,7H2,1H3,(H,13,15)(H,16,17). The van der Waals surface area contributed by atoms with Crippen molar-refractivity contribution in [3.63, 3.8) is 0 Å². The van der Waals surface area contributed by atoms with E-state index < -0.39 is 5.97 Å². The highest BCUT2D eigenvalue weighted by Gasteiger charge is 2.11. The second-order valence-electron chi connectivity index (χ2n) is 3.67. The second-order valence-corrected chi connectivity index (χ2v) is 4.68. The summed E-state index contributed by atoms with van der Waals surface area (Å²) in [4.78, 5) is 12.2. The van der Waals surface area contributed by atoms with Crippen LogP contribution in [-0.4, -0.2) is 21.3 Å². The summed E-state index contributed by atoms with van der Waals surface area (Å²) in [5, 5.41) is 21.6. The molecule has 2 heterocycles. The molecule has 0 spiro atoms. The number of hydrogen-bond donors (Lipinski definition) is 2. The van der Waals surface area contributed by atoms with Gasteiger partial charge in [-0.3, -0.25) is 0 Å². The minimum atomic E-state index is -1.01. The molecule has 0 radical (unpaired) electrons. The number of hydrogen-bond acceptors (Lipinski definition) is 5. The molecule has 0 saturated carbocycles. The zero-order valence-electron chi connectivity index (χ0n) is 9.88. The summed E-state index contributed by atoms with van der Waals surface area (Å²) >= 11 is 1.65. The van der Waals surface area contributed by atoms with Gasteiger partial charge >= 0.3 is 5.97 Å². The van der Waals surface area contributed by atoms with Crippen LogP contribution < -0.4 is 5.32 Å². The maximum absolute atomic E-state index is 11.0. The number of nitrogens with zero attached hydrogens (tertiary/aromatic N) is 2. The van der Waals surface area contributed by atoms with E-state index in [1.807, 2.05) is 5.38 Å². The minimum absolute atomic E-state index is 0.139. The predicted molar refractivity (Wildman–Crippen MR) is 70.0 cm³/mol. The van der Waals surface area contributed by atoms with Gasteiger partial charge in [0.25, 0.3) is 0 Å². The molecule has 0 fully saturated rings. The summed E-state index contributed by atoms with van der Waals surface area (Å²) in [6, 6.07) is 3.52. The maximum atomic E-state index is 11.0. The number of carboxylic acid groups (broad SMARTS) is 1. The number of carbonyl (C=O) groups is 1. The number of anilines is 1. The number of carboxylic acids is 1. The molecule has 0 aromatic carbocycles. The highest BCUT2D eigenvalue weighted by molar-refractivity contribution is 7.10. The van der Waals surface area contributed by atoms with Gasteiger partial charge in [0, 0.05) is 4.88 Å². The summed E-state index contributed by atoms with van der Waals surface area (Å²) < 4.78 is 0. The third kappa shape index (κ3) is 2.65. The van der Waals surface area contributed by atoms with Crippen molar-refractivity contribution in [2.75, 3.05) is 5.32 Å². The molecule has 2 N–H and O–H groups in total. The Labute approximate surface area is 109 Å². The number of thiophene rings is 1. The highest BCUT2D eigenvalue weighted by Crippen LogP contribution is 2.19. The lowest BCUT2D eigenvalue weighted by Gasteiger charge is -2.07. The van der Waals surface area contributed by atoms with Crippen LogP contribution >= 0.6 is 11.3 Å². The molecule has 0 bridgehead atoms. The Hall–Kier alpha value is -1.95. The van der Waals surface area contributed by atoms with Crippen molar-refractivity contribution in [1.29, 1.82) is 0 Å².